The van der Waals surface area contributed by atoms with Crippen LogP contribution in [-0.2, 0) is 9.53 Å². The molecule has 5 nitrogen and oxygen atoms in total. The van der Waals surface area contributed by atoms with Gasteiger partial charge >= 0.3 is 6.18 Å². The Hall–Kier alpha value is -2.09. The summed E-state index contributed by atoms with van der Waals surface area (Å²) < 4.78 is 46.5. The van der Waals surface area contributed by atoms with Gasteiger partial charge in [0.15, 0.2) is 6.61 Å². The highest BCUT2D eigenvalue weighted by Crippen LogP contribution is 2.49. The molecule has 0 radical (unpaired) electrons. The van der Waals surface area contributed by atoms with Crippen molar-refractivity contribution in [2.45, 2.75) is 31.0 Å². The molecular weight excluding hydrogens is 337 g/mol. The van der Waals surface area contributed by atoms with E-state index in [1.807, 2.05) is 12.2 Å². The molecule has 8 heteroatoms. The zero-order valence-electron chi connectivity index (χ0n) is 13.4. The van der Waals surface area contributed by atoms with Gasteiger partial charge in [-0.1, -0.05) is 12.2 Å². The SMILES string of the molecule is O=C1N(c2ccc(OCC(F)(F)F)nc2)CCC12C=CC1(CC2)CO1. The molecule has 2 atom stereocenters. The number of pyridine rings is 1. The minimum absolute atomic E-state index is 0.00464. The lowest BCUT2D eigenvalue weighted by molar-refractivity contribution is -0.154. The van der Waals surface area contributed by atoms with Crippen LogP contribution in [0.25, 0.3) is 0 Å². The molecule has 0 aromatic carbocycles. The van der Waals surface area contributed by atoms with Crippen LogP contribution >= 0.6 is 0 Å². The first kappa shape index (κ1) is 16.4. The standard InChI is InChI=1S/C17H17F3N2O3/c18-17(19,20)11-24-13-2-1-12(9-21-13)22-8-7-15(14(22)23)3-5-16(6-4-15)10-25-16/h1-3,5,9H,4,6-8,10-11H2. The molecule has 2 fully saturated rings. The number of hydrogen-bond acceptors (Lipinski definition) is 4. The number of carbonyl (C=O) groups is 1. The van der Waals surface area contributed by atoms with E-state index in [1.165, 1.54) is 12.3 Å². The van der Waals surface area contributed by atoms with Gasteiger partial charge < -0.3 is 14.4 Å². The Bertz CT molecular complexity index is 713. The predicted molar refractivity (Wildman–Crippen MR) is 82.2 cm³/mol. The van der Waals surface area contributed by atoms with Gasteiger partial charge in [-0.15, -0.1) is 0 Å². The lowest BCUT2D eigenvalue weighted by Gasteiger charge is -2.29. The molecule has 3 heterocycles. The highest BCUT2D eigenvalue weighted by atomic mass is 19.4. The van der Waals surface area contributed by atoms with Crippen LogP contribution in [0, 0.1) is 5.41 Å². The van der Waals surface area contributed by atoms with Gasteiger partial charge in [0.2, 0.25) is 11.8 Å². The molecule has 0 bridgehead atoms. The van der Waals surface area contributed by atoms with E-state index in [0.717, 1.165) is 19.4 Å². The van der Waals surface area contributed by atoms with Gasteiger partial charge in [-0.2, -0.15) is 13.2 Å². The van der Waals surface area contributed by atoms with Gasteiger partial charge in [0.25, 0.3) is 0 Å². The van der Waals surface area contributed by atoms with Crippen molar-refractivity contribution < 1.29 is 27.4 Å². The van der Waals surface area contributed by atoms with Gasteiger partial charge in [-0.05, 0) is 25.3 Å². The summed E-state index contributed by atoms with van der Waals surface area (Å²) in [6.45, 7) is -0.109. The molecule has 2 aliphatic heterocycles. The zero-order chi connectivity index (χ0) is 17.7. The van der Waals surface area contributed by atoms with Crippen molar-refractivity contribution in [3.63, 3.8) is 0 Å². The van der Waals surface area contributed by atoms with E-state index in [0.29, 0.717) is 18.7 Å². The van der Waals surface area contributed by atoms with Gasteiger partial charge in [-0.3, -0.25) is 4.79 Å². The molecule has 2 spiro atoms. The molecular formula is C17H17F3N2O3. The summed E-state index contributed by atoms with van der Waals surface area (Å²) in [5, 5.41) is 0. The van der Waals surface area contributed by atoms with Crippen LogP contribution < -0.4 is 9.64 Å². The summed E-state index contributed by atoms with van der Waals surface area (Å²) in [7, 11) is 0. The maximum Gasteiger partial charge on any atom is 0.422 e. The van der Waals surface area contributed by atoms with E-state index >= 15 is 0 Å². The van der Waals surface area contributed by atoms with Crippen LogP contribution in [-0.4, -0.2) is 42.4 Å². The van der Waals surface area contributed by atoms with E-state index in [1.54, 1.807) is 11.0 Å². The third kappa shape index (κ3) is 3.10. The summed E-state index contributed by atoms with van der Waals surface area (Å²) >= 11 is 0. The van der Waals surface area contributed by atoms with Crippen LogP contribution in [0.2, 0.25) is 0 Å². The van der Waals surface area contributed by atoms with E-state index < -0.39 is 18.2 Å². The molecule has 1 aromatic heterocycles. The first-order valence-corrected chi connectivity index (χ1v) is 8.13. The minimum atomic E-state index is -4.41. The number of rotatable bonds is 3. The number of anilines is 1. The van der Waals surface area contributed by atoms with Crippen molar-refractivity contribution in [3.8, 4) is 5.88 Å². The number of hydrogen-bond donors (Lipinski definition) is 0. The monoisotopic (exact) mass is 354 g/mol. The van der Waals surface area contributed by atoms with Crippen molar-refractivity contribution in [1.82, 2.24) is 4.98 Å². The van der Waals surface area contributed by atoms with Crippen molar-refractivity contribution in [2.24, 2.45) is 5.41 Å². The van der Waals surface area contributed by atoms with Crippen LogP contribution in [0.5, 0.6) is 5.88 Å². The molecule has 2 unspecified atom stereocenters. The van der Waals surface area contributed by atoms with Crippen molar-refractivity contribution in [2.75, 3.05) is 24.7 Å². The normalized spacial score (nSPS) is 31.2. The Morgan fingerprint density at radius 2 is 2.04 bits per heavy atom. The Morgan fingerprint density at radius 1 is 1.24 bits per heavy atom. The van der Waals surface area contributed by atoms with E-state index in [4.69, 9.17) is 4.74 Å². The number of amides is 1. The average molecular weight is 354 g/mol. The van der Waals surface area contributed by atoms with Crippen LogP contribution in [0.1, 0.15) is 19.3 Å². The summed E-state index contributed by atoms with van der Waals surface area (Å²) in [6.07, 6.45) is 3.24. The Morgan fingerprint density at radius 3 is 2.60 bits per heavy atom. The first-order chi connectivity index (χ1) is 11.8. The first-order valence-electron chi connectivity index (χ1n) is 8.13. The number of nitrogens with zero attached hydrogens (tertiary/aromatic N) is 2. The summed E-state index contributed by atoms with van der Waals surface area (Å²) in [5.41, 5.74) is -0.0710. The fourth-order valence-electron chi connectivity index (χ4n) is 3.44. The summed E-state index contributed by atoms with van der Waals surface area (Å²) in [4.78, 5) is 18.4. The van der Waals surface area contributed by atoms with Gasteiger partial charge in [0, 0.05) is 12.6 Å². The Labute approximate surface area is 142 Å². The second-order valence-electron chi connectivity index (χ2n) is 6.81. The zero-order valence-corrected chi connectivity index (χ0v) is 13.4. The maximum absolute atomic E-state index is 12.9. The molecule has 134 valence electrons. The van der Waals surface area contributed by atoms with Gasteiger partial charge in [0.05, 0.1) is 23.9 Å². The second-order valence-corrected chi connectivity index (χ2v) is 6.81. The molecule has 4 rings (SSSR count). The van der Waals surface area contributed by atoms with E-state index in [9.17, 15) is 18.0 Å². The topological polar surface area (TPSA) is 55.0 Å². The van der Waals surface area contributed by atoms with E-state index in [-0.39, 0.29) is 17.4 Å². The minimum Gasteiger partial charge on any atom is -0.468 e. The summed E-state index contributed by atoms with van der Waals surface area (Å²) in [6, 6.07) is 2.91. The maximum atomic E-state index is 12.9. The molecule has 2 saturated heterocycles. The third-order valence-corrected chi connectivity index (χ3v) is 5.08. The van der Waals surface area contributed by atoms with Crippen molar-refractivity contribution in [3.05, 3.63) is 30.5 Å². The number of carbonyl (C=O) groups excluding carboxylic acids is 1. The predicted octanol–water partition coefficient (Wildman–Crippen LogP) is 2.86. The van der Waals surface area contributed by atoms with Crippen molar-refractivity contribution >= 4 is 11.6 Å². The fraction of sp³-hybridized carbons (Fsp3) is 0.529. The molecule has 1 aromatic rings. The quantitative estimate of drug-likeness (QED) is 0.619. The molecule has 0 N–H and O–H groups in total. The molecule has 25 heavy (non-hydrogen) atoms. The average Bonchev–Trinajstić information content (AvgIpc) is 3.28. The van der Waals surface area contributed by atoms with Crippen LogP contribution in [0.4, 0.5) is 18.9 Å². The van der Waals surface area contributed by atoms with Crippen LogP contribution in [0.3, 0.4) is 0 Å². The molecule has 1 aliphatic carbocycles. The molecule has 3 aliphatic rings. The molecule has 0 saturated carbocycles. The number of ether oxygens (including phenoxy) is 2. The van der Waals surface area contributed by atoms with Crippen LogP contribution in [0.15, 0.2) is 30.5 Å². The smallest absolute Gasteiger partial charge is 0.422 e. The Kier molecular flexibility index (Phi) is 3.57. The number of epoxide rings is 1. The second kappa shape index (κ2) is 5.45. The lowest BCUT2D eigenvalue weighted by Crippen LogP contribution is -2.36. The lowest BCUT2D eigenvalue weighted by atomic mass is 9.74. The fourth-order valence-corrected chi connectivity index (χ4v) is 3.44. The third-order valence-electron chi connectivity index (χ3n) is 5.08. The number of alkyl halides is 3. The highest BCUT2D eigenvalue weighted by molar-refractivity contribution is 6.01. The van der Waals surface area contributed by atoms with E-state index in [2.05, 4.69) is 9.72 Å². The van der Waals surface area contributed by atoms with Gasteiger partial charge in [0.1, 0.15) is 5.60 Å². The summed E-state index contributed by atoms with van der Waals surface area (Å²) in [5.74, 6) is -0.113. The highest BCUT2D eigenvalue weighted by Gasteiger charge is 2.53. The Balaban J connectivity index is 1.45. The number of aromatic nitrogens is 1. The molecule has 1 amide bonds. The largest absolute Gasteiger partial charge is 0.468 e. The van der Waals surface area contributed by atoms with Gasteiger partial charge in [-0.25, -0.2) is 4.98 Å². The van der Waals surface area contributed by atoms with Crippen molar-refractivity contribution in [1.29, 1.82) is 0 Å². The number of halogens is 3.